The molecule has 27 heavy (non-hydrogen) atoms. The average molecular weight is 404 g/mol. The molecule has 1 aliphatic carbocycles. The van der Waals surface area contributed by atoms with Gasteiger partial charge >= 0.3 is 0 Å². The number of nitrogens with one attached hydrogen (secondary N) is 1. The van der Waals surface area contributed by atoms with Crippen molar-refractivity contribution in [2.24, 2.45) is 5.92 Å². The lowest BCUT2D eigenvalue weighted by molar-refractivity contribution is -0.131. The predicted molar refractivity (Wildman–Crippen MR) is 108 cm³/mol. The van der Waals surface area contributed by atoms with E-state index in [4.69, 9.17) is 4.98 Å². The van der Waals surface area contributed by atoms with Crippen molar-refractivity contribution in [2.45, 2.75) is 51.0 Å². The lowest BCUT2D eigenvalue weighted by Gasteiger charge is -2.31. The normalized spacial score (nSPS) is 20.3. The molecule has 0 aromatic carbocycles. The lowest BCUT2D eigenvalue weighted by atomic mass is 9.85. The quantitative estimate of drug-likeness (QED) is 0.802. The molecular formula is C20H25N3O2S2. The number of thiazole rings is 1. The lowest BCUT2D eigenvalue weighted by Crippen LogP contribution is -2.39. The Bertz CT molecular complexity index is 783. The van der Waals surface area contributed by atoms with Gasteiger partial charge in [-0.15, -0.1) is 22.7 Å². The van der Waals surface area contributed by atoms with Gasteiger partial charge in [-0.05, 0) is 37.1 Å². The monoisotopic (exact) mass is 403 g/mol. The van der Waals surface area contributed by atoms with Crippen molar-refractivity contribution in [3.05, 3.63) is 38.5 Å². The molecule has 7 heteroatoms. The van der Waals surface area contributed by atoms with Gasteiger partial charge in [0.2, 0.25) is 11.8 Å². The van der Waals surface area contributed by atoms with Gasteiger partial charge < -0.3 is 10.2 Å². The van der Waals surface area contributed by atoms with Gasteiger partial charge in [0.05, 0.1) is 23.7 Å². The molecule has 1 saturated carbocycles. The van der Waals surface area contributed by atoms with Crippen molar-refractivity contribution in [3.63, 3.8) is 0 Å². The number of amides is 2. The molecule has 1 N–H and O–H groups in total. The number of carbonyl (C=O) groups is 2. The Hall–Kier alpha value is -1.73. The third kappa shape index (κ3) is 4.58. The fourth-order valence-electron chi connectivity index (χ4n) is 3.66. The molecular weight excluding hydrogens is 378 g/mol. The average Bonchev–Trinajstić information content (AvgIpc) is 3.30. The number of rotatable bonds is 6. The summed E-state index contributed by atoms with van der Waals surface area (Å²) in [7, 11) is 0. The van der Waals surface area contributed by atoms with Gasteiger partial charge in [-0.1, -0.05) is 12.5 Å². The van der Waals surface area contributed by atoms with Gasteiger partial charge in [-0.2, -0.15) is 0 Å². The fourth-order valence-corrected chi connectivity index (χ4v) is 5.31. The largest absolute Gasteiger partial charge is 0.350 e. The van der Waals surface area contributed by atoms with Gasteiger partial charge in [0.15, 0.2) is 0 Å². The zero-order valence-electron chi connectivity index (χ0n) is 15.4. The van der Waals surface area contributed by atoms with Crippen LogP contribution in [0.1, 0.15) is 53.6 Å². The highest BCUT2D eigenvalue weighted by Gasteiger charge is 2.27. The van der Waals surface area contributed by atoms with Crippen LogP contribution in [0.25, 0.3) is 0 Å². The molecule has 2 aromatic rings. The number of nitrogens with zero attached hydrogens (tertiary/aromatic N) is 2. The summed E-state index contributed by atoms with van der Waals surface area (Å²) in [5, 5.41) is 8.17. The predicted octanol–water partition coefficient (Wildman–Crippen LogP) is 3.57. The molecule has 1 saturated heterocycles. The van der Waals surface area contributed by atoms with Crippen LogP contribution >= 0.6 is 22.7 Å². The van der Waals surface area contributed by atoms with E-state index < -0.39 is 0 Å². The highest BCUT2D eigenvalue weighted by atomic mass is 32.1. The van der Waals surface area contributed by atoms with Gasteiger partial charge in [0, 0.05) is 35.2 Å². The second kappa shape index (κ2) is 8.52. The Morgan fingerprint density at radius 3 is 2.85 bits per heavy atom. The maximum Gasteiger partial charge on any atom is 0.227 e. The number of carbonyl (C=O) groups excluding carboxylic acids is 2. The van der Waals surface area contributed by atoms with Crippen LogP contribution in [-0.4, -0.2) is 34.8 Å². The van der Waals surface area contributed by atoms with Crippen LogP contribution in [0.2, 0.25) is 0 Å². The second-order valence-corrected chi connectivity index (χ2v) is 9.38. The van der Waals surface area contributed by atoms with Crippen LogP contribution < -0.4 is 5.32 Å². The zero-order valence-corrected chi connectivity index (χ0v) is 17.0. The first-order valence-electron chi connectivity index (χ1n) is 9.71. The summed E-state index contributed by atoms with van der Waals surface area (Å²) in [6.45, 7) is 2.11. The maximum atomic E-state index is 12.6. The minimum Gasteiger partial charge on any atom is -0.350 e. The first-order valence-corrected chi connectivity index (χ1v) is 11.5. The van der Waals surface area contributed by atoms with Crippen LogP contribution in [0.15, 0.2) is 22.9 Å². The smallest absolute Gasteiger partial charge is 0.227 e. The van der Waals surface area contributed by atoms with Crippen molar-refractivity contribution < 1.29 is 9.59 Å². The summed E-state index contributed by atoms with van der Waals surface area (Å²) < 4.78 is 0. The molecule has 2 aliphatic rings. The number of thiophene rings is 1. The number of aromatic nitrogens is 1. The first-order chi connectivity index (χ1) is 13.2. The van der Waals surface area contributed by atoms with Crippen molar-refractivity contribution in [3.8, 4) is 0 Å². The second-order valence-electron chi connectivity index (χ2n) is 7.46. The molecule has 0 spiro atoms. The van der Waals surface area contributed by atoms with Gasteiger partial charge in [-0.25, -0.2) is 4.98 Å². The molecule has 2 amide bonds. The van der Waals surface area contributed by atoms with Crippen molar-refractivity contribution in [1.82, 2.24) is 15.2 Å². The summed E-state index contributed by atoms with van der Waals surface area (Å²) in [6.07, 6.45) is 5.80. The van der Waals surface area contributed by atoms with Gasteiger partial charge in [0.25, 0.3) is 0 Å². The molecule has 1 aliphatic heterocycles. The van der Waals surface area contributed by atoms with E-state index in [2.05, 4.69) is 5.32 Å². The molecule has 0 radical (unpaired) electrons. The third-order valence-corrected chi connectivity index (χ3v) is 7.45. The Balaban J connectivity index is 1.30. The Morgan fingerprint density at radius 1 is 1.22 bits per heavy atom. The minimum atomic E-state index is 0.166. The zero-order chi connectivity index (χ0) is 18.6. The van der Waals surface area contributed by atoms with E-state index in [0.29, 0.717) is 18.9 Å². The van der Waals surface area contributed by atoms with Crippen LogP contribution in [0, 0.1) is 5.92 Å². The van der Waals surface area contributed by atoms with Gasteiger partial charge in [0.1, 0.15) is 0 Å². The minimum absolute atomic E-state index is 0.166. The number of piperidine rings is 1. The molecule has 4 rings (SSSR count). The van der Waals surface area contributed by atoms with Crippen molar-refractivity contribution in [2.75, 3.05) is 13.1 Å². The number of likely N-dealkylation sites (tertiary alicyclic amines) is 1. The molecule has 0 unspecified atom stereocenters. The molecule has 5 nitrogen and oxygen atoms in total. The Labute approximate surface area is 167 Å². The molecule has 2 aromatic heterocycles. The molecule has 1 atom stereocenters. The Kier molecular flexibility index (Phi) is 5.88. The summed E-state index contributed by atoms with van der Waals surface area (Å²) in [5.41, 5.74) is 0.935. The van der Waals surface area contributed by atoms with E-state index in [1.165, 1.54) is 6.42 Å². The van der Waals surface area contributed by atoms with Crippen LogP contribution in [0.5, 0.6) is 0 Å². The SMILES string of the molecule is O=C(NCc1csc([C@H]2CCCN(C(=O)Cc3cccs3)C2)n1)C1CCC1. The van der Waals surface area contributed by atoms with E-state index in [1.54, 1.807) is 22.7 Å². The van der Waals surface area contributed by atoms with E-state index in [-0.39, 0.29) is 17.7 Å². The van der Waals surface area contributed by atoms with Crippen LogP contribution in [0.4, 0.5) is 0 Å². The van der Waals surface area contributed by atoms with E-state index >= 15 is 0 Å². The topological polar surface area (TPSA) is 62.3 Å². The van der Waals surface area contributed by atoms with Crippen LogP contribution in [-0.2, 0) is 22.6 Å². The Morgan fingerprint density at radius 2 is 2.11 bits per heavy atom. The van der Waals surface area contributed by atoms with Crippen molar-refractivity contribution >= 4 is 34.5 Å². The molecule has 0 bridgehead atoms. The van der Waals surface area contributed by atoms with E-state index in [0.717, 1.165) is 54.4 Å². The standard InChI is InChI=1S/C20H25N3O2S2/c24-18(10-17-7-3-9-26-17)23-8-2-6-15(12-23)20-22-16(13-27-20)11-21-19(25)14-4-1-5-14/h3,7,9,13-15H,1-2,4-6,8,10-12H2,(H,21,25)/t15-/m0/s1. The maximum absolute atomic E-state index is 12.6. The van der Waals surface area contributed by atoms with E-state index in [1.807, 2.05) is 27.8 Å². The number of hydrogen-bond acceptors (Lipinski definition) is 5. The molecule has 144 valence electrons. The fraction of sp³-hybridized carbons (Fsp3) is 0.550. The van der Waals surface area contributed by atoms with E-state index in [9.17, 15) is 9.59 Å². The summed E-state index contributed by atoms with van der Waals surface area (Å²) in [5.74, 6) is 0.905. The molecule has 2 fully saturated rings. The van der Waals surface area contributed by atoms with Crippen LogP contribution in [0.3, 0.4) is 0 Å². The molecule has 3 heterocycles. The number of hydrogen-bond donors (Lipinski definition) is 1. The first kappa shape index (κ1) is 18.6. The summed E-state index contributed by atoms with van der Waals surface area (Å²) in [6, 6.07) is 4.02. The highest BCUT2D eigenvalue weighted by Crippen LogP contribution is 2.30. The highest BCUT2D eigenvalue weighted by molar-refractivity contribution is 7.10. The van der Waals surface area contributed by atoms with Gasteiger partial charge in [-0.3, -0.25) is 9.59 Å². The van der Waals surface area contributed by atoms with Crippen molar-refractivity contribution in [1.29, 1.82) is 0 Å². The summed E-state index contributed by atoms with van der Waals surface area (Å²) in [4.78, 5) is 32.4. The third-order valence-electron chi connectivity index (χ3n) is 5.52. The summed E-state index contributed by atoms with van der Waals surface area (Å²) >= 11 is 3.30.